The number of carbonyl (C=O) groups excluding carboxylic acids is 3. The Hall–Kier alpha value is -3.35. The molecule has 0 atom stereocenters. The molecule has 4 amide bonds. The quantitative estimate of drug-likeness (QED) is 0.673. The largest absolute Gasteiger partial charge is 0.372 e. The Bertz CT molecular complexity index is 1040. The third kappa shape index (κ3) is 4.40. The first-order valence-corrected chi connectivity index (χ1v) is 10.5. The van der Waals surface area contributed by atoms with E-state index >= 15 is 0 Å². The molecule has 164 valence electrons. The predicted molar refractivity (Wildman–Crippen MR) is 124 cm³/mol. The maximum Gasteiger partial charge on any atom is 0.323 e. The fourth-order valence-corrected chi connectivity index (χ4v) is 3.79. The number of amides is 4. The van der Waals surface area contributed by atoms with E-state index in [0.29, 0.717) is 22.5 Å². The smallest absolute Gasteiger partial charge is 0.323 e. The van der Waals surface area contributed by atoms with Gasteiger partial charge in [-0.1, -0.05) is 0 Å². The van der Waals surface area contributed by atoms with E-state index in [0.717, 1.165) is 24.3 Å². The van der Waals surface area contributed by atoms with Crippen molar-refractivity contribution in [2.45, 2.75) is 47.1 Å². The molecule has 7 nitrogen and oxygen atoms in total. The fraction of sp³-hybridized carbons (Fsp3) is 0.375. The number of imide groups is 1. The molecule has 0 spiro atoms. The first-order chi connectivity index (χ1) is 14.6. The molecule has 0 bridgehead atoms. The molecule has 7 heteroatoms. The summed E-state index contributed by atoms with van der Waals surface area (Å²) in [6, 6.07) is 10.3. The van der Waals surface area contributed by atoms with E-state index in [9.17, 15) is 14.4 Å². The van der Waals surface area contributed by atoms with Crippen molar-refractivity contribution in [3.05, 3.63) is 53.1 Å². The lowest BCUT2D eigenvalue weighted by Gasteiger charge is -2.29. The number of nitrogens with one attached hydrogen (secondary N) is 2. The van der Waals surface area contributed by atoms with Crippen LogP contribution in [0.25, 0.3) is 0 Å². The normalized spacial score (nSPS) is 13.3. The van der Waals surface area contributed by atoms with E-state index in [-0.39, 0.29) is 11.8 Å². The minimum absolute atomic E-state index is 0.303. The van der Waals surface area contributed by atoms with Crippen molar-refractivity contribution in [2.24, 2.45) is 0 Å². The van der Waals surface area contributed by atoms with Crippen molar-refractivity contribution < 1.29 is 14.4 Å². The Morgan fingerprint density at radius 2 is 1.58 bits per heavy atom. The molecule has 1 aliphatic heterocycles. The van der Waals surface area contributed by atoms with E-state index in [1.807, 2.05) is 45.9 Å². The van der Waals surface area contributed by atoms with Gasteiger partial charge in [-0.3, -0.25) is 14.5 Å². The zero-order valence-electron chi connectivity index (χ0n) is 19.0. The summed E-state index contributed by atoms with van der Waals surface area (Å²) in [5.41, 5.74) is 3.26. The van der Waals surface area contributed by atoms with Crippen LogP contribution in [0.2, 0.25) is 0 Å². The van der Waals surface area contributed by atoms with Gasteiger partial charge in [-0.15, -0.1) is 0 Å². The van der Waals surface area contributed by atoms with Gasteiger partial charge in [-0.2, -0.15) is 0 Å². The van der Waals surface area contributed by atoms with Gasteiger partial charge < -0.3 is 15.5 Å². The molecule has 0 aliphatic carbocycles. The number of hydrogen-bond donors (Lipinski definition) is 2. The second kappa shape index (κ2) is 8.41. The summed E-state index contributed by atoms with van der Waals surface area (Å²) in [6.07, 6.45) is 0. The maximum absolute atomic E-state index is 12.7. The Balaban J connectivity index is 1.74. The van der Waals surface area contributed by atoms with Gasteiger partial charge in [0.15, 0.2) is 0 Å². The number of rotatable bonds is 5. The second-order valence-corrected chi connectivity index (χ2v) is 8.63. The maximum atomic E-state index is 12.7. The molecule has 1 heterocycles. The van der Waals surface area contributed by atoms with Crippen LogP contribution in [0.1, 0.15) is 60.9 Å². The van der Waals surface area contributed by atoms with Gasteiger partial charge in [0.1, 0.15) is 0 Å². The van der Waals surface area contributed by atoms with Crippen LogP contribution in [-0.4, -0.2) is 41.4 Å². The zero-order chi connectivity index (χ0) is 22.9. The van der Waals surface area contributed by atoms with E-state index in [1.54, 1.807) is 18.2 Å². The molecule has 1 aliphatic rings. The van der Waals surface area contributed by atoms with Gasteiger partial charge in [-0.25, -0.2) is 4.79 Å². The summed E-state index contributed by atoms with van der Waals surface area (Å²) in [7, 11) is 0. The molecular formula is C24H30N4O3. The van der Waals surface area contributed by atoms with Crippen LogP contribution in [0.15, 0.2) is 36.4 Å². The first kappa shape index (κ1) is 22.3. The van der Waals surface area contributed by atoms with Gasteiger partial charge in [0.05, 0.1) is 11.1 Å². The van der Waals surface area contributed by atoms with Crippen molar-refractivity contribution in [3.63, 3.8) is 0 Å². The highest BCUT2D eigenvalue weighted by Crippen LogP contribution is 2.31. The van der Waals surface area contributed by atoms with Crippen molar-refractivity contribution in [1.29, 1.82) is 0 Å². The molecule has 0 aromatic heterocycles. The minimum Gasteiger partial charge on any atom is -0.372 e. The van der Waals surface area contributed by atoms with Crippen LogP contribution in [-0.2, 0) is 0 Å². The summed E-state index contributed by atoms with van der Waals surface area (Å²) >= 11 is 0. The number of nitrogens with zero attached hydrogens (tertiary/aromatic N) is 2. The molecule has 2 aromatic rings. The van der Waals surface area contributed by atoms with E-state index in [1.165, 1.54) is 4.90 Å². The molecule has 31 heavy (non-hydrogen) atoms. The molecule has 0 saturated heterocycles. The highest BCUT2D eigenvalue weighted by molar-refractivity contribution is 6.22. The standard InChI is InChI=1S/C24H30N4O3/c1-7-27(8-2)17-10-12-20(15(3)13-17)26-23(31)25-16-9-11-18-19(14-16)22(30)28(21(18)29)24(4,5)6/h9-14H,7-8H2,1-6H3,(H2,25,26,31). The Kier molecular flexibility index (Phi) is 6.06. The topological polar surface area (TPSA) is 81.8 Å². The average Bonchev–Trinajstić information content (AvgIpc) is 2.95. The van der Waals surface area contributed by atoms with Crippen LogP contribution in [0.5, 0.6) is 0 Å². The van der Waals surface area contributed by atoms with E-state index in [2.05, 4.69) is 29.4 Å². The highest BCUT2D eigenvalue weighted by atomic mass is 16.2. The van der Waals surface area contributed by atoms with Crippen molar-refractivity contribution >= 4 is 34.9 Å². The number of hydrogen-bond acceptors (Lipinski definition) is 4. The number of carbonyl (C=O) groups is 3. The van der Waals surface area contributed by atoms with Crippen LogP contribution in [0, 0.1) is 6.92 Å². The lowest BCUT2D eigenvalue weighted by molar-refractivity contribution is 0.0507. The lowest BCUT2D eigenvalue weighted by atomic mass is 10.1. The van der Waals surface area contributed by atoms with E-state index < -0.39 is 11.6 Å². The average molecular weight is 423 g/mol. The van der Waals surface area contributed by atoms with Crippen molar-refractivity contribution in [1.82, 2.24) is 4.90 Å². The Labute approximate surface area is 183 Å². The summed E-state index contributed by atoms with van der Waals surface area (Å²) in [5, 5.41) is 5.60. The summed E-state index contributed by atoms with van der Waals surface area (Å²) in [5.74, 6) is -0.660. The fourth-order valence-electron chi connectivity index (χ4n) is 3.79. The van der Waals surface area contributed by atoms with E-state index in [4.69, 9.17) is 0 Å². The number of urea groups is 1. The molecule has 0 fully saturated rings. The molecule has 0 saturated carbocycles. The van der Waals surface area contributed by atoms with Crippen LogP contribution < -0.4 is 15.5 Å². The van der Waals surface area contributed by atoms with Gasteiger partial charge in [-0.05, 0) is 83.5 Å². The lowest BCUT2D eigenvalue weighted by Crippen LogP contribution is -2.45. The van der Waals surface area contributed by atoms with Gasteiger partial charge in [0.2, 0.25) is 0 Å². The zero-order valence-corrected chi connectivity index (χ0v) is 19.0. The number of anilines is 3. The van der Waals surface area contributed by atoms with Crippen molar-refractivity contribution in [3.8, 4) is 0 Å². The number of fused-ring (bicyclic) bond motifs is 1. The third-order valence-electron chi connectivity index (χ3n) is 5.40. The molecular weight excluding hydrogens is 392 g/mol. The minimum atomic E-state index is -0.618. The highest BCUT2D eigenvalue weighted by Gasteiger charge is 2.41. The molecule has 2 aromatic carbocycles. The number of benzene rings is 2. The molecule has 0 unspecified atom stereocenters. The second-order valence-electron chi connectivity index (χ2n) is 8.63. The predicted octanol–water partition coefficient (Wildman–Crippen LogP) is 4.88. The SMILES string of the molecule is CCN(CC)c1ccc(NC(=O)Nc2ccc3c(c2)C(=O)N(C(C)(C)C)C3=O)c(C)c1. The van der Waals surface area contributed by atoms with Crippen LogP contribution in [0.4, 0.5) is 21.9 Å². The first-order valence-electron chi connectivity index (χ1n) is 10.5. The molecule has 2 N–H and O–H groups in total. The van der Waals surface area contributed by atoms with Gasteiger partial charge in [0.25, 0.3) is 11.8 Å². The number of aryl methyl sites for hydroxylation is 1. The van der Waals surface area contributed by atoms with Crippen LogP contribution in [0.3, 0.4) is 0 Å². The third-order valence-corrected chi connectivity index (χ3v) is 5.40. The molecule has 0 radical (unpaired) electrons. The summed E-state index contributed by atoms with van der Waals surface area (Å²) in [4.78, 5) is 41.4. The van der Waals surface area contributed by atoms with Crippen LogP contribution >= 0.6 is 0 Å². The summed E-state index contributed by atoms with van der Waals surface area (Å²) in [6.45, 7) is 13.4. The van der Waals surface area contributed by atoms with Gasteiger partial charge >= 0.3 is 6.03 Å². The monoisotopic (exact) mass is 422 g/mol. The van der Waals surface area contributed by atoms with Crippen molar-refractivity contribution in [2.75, 3.05) is 28.6 Å². The van der Waals surface area contributed by atoms with Gasteiger partial charge in [0, 0.05) is 35.7 Å². The molecule has 3 rings (SSSR count). The Morgan fingerprint density at radius 3 is 2.16 bits per heavy atom. The summed E-state index contributed by atoms with van der Waals surface area (Å²) < 4.78 is 0. The Morgan fingerprint density at radius 1 is 0.935 bits per heavy atom.